The van der Waals surface area contributed by atoms with Gasteiger partial charge in [-0.05, 0) is 37.5 Å². The van der Waals surface area contributed by atoms with Crippen LogP contribution in [-0.2, 0) is 28.6 Å². The predicted octanol–water partition coefficient (Wildman–Crippen LogP) is 4.45. The van der Waals surface area contributed by atoms with Crippen molar-refractivity contribution in [2.45, 2.75) is 79.1 Å². The second-order valence-electron chi connectivity index (χ2n) is 5.83. The third-order valence-electron chi connectivity index (χ3n) is 3.67. The van der Waals surface area contributed by atoms with E-state index in [-0.39, 0.29) is 19.5 Å². The molecule has 0 saturated heterocycles. The maximum atomic E-state index is 11.0. The average Bonchev–Trinajstić information content (AvgIpc) is 2.49. The first-order valence-electron chi connectivity index (χ1n) is 8.82. The first-order chi connectivity index (χ1) is 10.2. The molecule has 7 heteroatoms. The molecule has 0 rings (SSSR count). The van der Waals surface area contributed by atoms with E-state index in [0.29, 0.717) is 24.6 Å². The van der Waals surface area contributed by atoms with Crippen LogP contribution in [0.1, 0.15) is 79.1 Å². The molecular formula is C16H36O4P2Zn. The molecule has 0 aliphatic carbocycles. The van der Waals surface area contributed by atoms with E-state index in [1.54, 1.807) is 13.8 Å². The Bertz CT molecular complexity index is 306. The molecule has 0 N–H and O–H groups in total. The van der Waals surface area contributed by atoms with Crippen LogP contribution in [0.5, 0.6) is 0 Å². The van der Waals surface area contributed by atoms with Crippen molar-refractivity contribution in [2.24, 2.45) is 0 Å². The standard InChI is InChI=1S/2C8H19O2P.Zn/c2*1-3-5-6-7-8-11(9,10)4-2;/h2*3-8H2,1-2H3,(H,9,10);/q;;+2/p-2. The summed E-state index contributed by atoms with van der Waals surface area (Å²) in [5.41, 5.74) is 0. The molecule has 0 radical (unpaired) electrons. The summed E-state index contributed by atoms with van der Waals surface area (Å²) < 4.78 is 22.0. The molecule has 0 aromatic carbocycles. The van der Waals surface area contributed by atoms with Crippen LogP contribution in [0.2, 0.25) is 0 Å². The van der Waals surface area contributed by atoms with E-state index in [1.165, 1.54) is 0 Å². The second-order valence-corrected chi connectivity index (χ2v) is 11.2. The van der Waals surface area contributed by atoms with Gasteiger partial charge in [-0.1, -0.05) is 66.2 Å². The molecule has 0 bridgehead atoms. The zero-order chi connectivity index (χ0) is 17.5. The van der Waals surface area contributed by atoms with Gasteiger partial charge in [-0.3, -0.25) is 0 Å². The summed E-state index contributed by atoms with van der Waals surface area (Å²) in [4.78, 5) is 22.0. The summed E-state index contributed by atoms with van der Waals surface area (Å²) in [6.07, 6.45) is 9.90. The quantitative estimate of drug-likeness (QED) is 0.266. The van der Waals surface area contributed by atoms with Gasteiger partial charge in [0.2, 0.25) is 0 Å². The van der Waals surface area contributed by atoms with Gasteiger partial charge in [-0.15, -0.1) is 0 Å². The summed E-state index contributed by atoms with van der Waals surface area (Å²) in [6, 6.07) is 0. The van der Waals surface area contributed by atoms with Gasteiger partial charge in [-0.25, -0.2) is 0 Å². The number of hydrogen-bond donors (Lipinski definition) is 0. The van der Waals surface area contributed by atoms with E-state index in [1.807, 2.05) is 0 Å². The van der Waals surface area contributed by atoms with Gasteiger partial charge in [-0.2, -0.15) is 0 Å². The molecule has 0 saturated carbocycles. The predicted molar refractivity (Wildman–Crippen MR) is 94.3 cm³/mol. The average molecular weight is 420 g/mol. The molecule has 0 fully saturated rings. The molecule has 2 unspecified atom stereocenters. The van der Waals surface area contributed by atoms with Crippen LogP contribution in [0.4, 0.5) is 0 Å². The molecule has 0 aromatic heterocycles. The van der Waals surface area contributed by atoms with Gasteiger partial charge in [0, 0.05) is 14.7 Å². The minimum Gasteiger partial charge on any atom is -0.799 e. The van der Waals surface area contributed by atoms with E-state index in [4.69, 9.17) is 0 Å². The topological polar surface area (TPSA) is 80.3 Å². The summed E-state index contributed by atoms with van der Waals surface area (Å²) in [6.45, 7) is 7.68. The van der Waals surface area contributed by atoms with Crippen LogP contribution in [0.25, 0.3) is 0 Å². The van der Waals surface area contributed by atoms with Crippen LogP contribution >= 0.6 is 14.7 Å². The Hall–Kier alpha value is 1.00. The maximum Gasteiger partial charge on any atom is 2.00 e. The van der Waals surface area contributed by atoms with Crippen LogP contribution in [0.15, 0.2) is 0 Å². The normalized spacial score (nSPS) is 15.6. The third-order valence-corrected chi connectivity index (χ3v) is 7.59. The summed E-state index contributed by atoms with van der Waals surface area (Å²) in [7, 11) is -5.93. The molecule has 0 spiro atoms. The molecule has 2 atom stereocenters. The van der Waals surface area contributed by atoms with Gasteiger partial charge in [0.05, 0.1) is 0 Å². The fourth-order valence-corrected chi connectivity index (χ4v) is 3.92. The molecule has 0 amide bonds. The molecule has 23 heavy (non-hydrogen) atoms. The van der Waals surface area contributed by atoms with E-state index in [9.17, 15) is 18.9 Å². The van der Waals surface area contributed by atoms with Gasteiger partial charge < -0.3 is 18.9 Å². The second kappa shape index (κ2) is 17.8. The number of unbranched alkanes of at least 4 members (excludes halogenated alkanes) is 6. The Kier molecular flexibility index (Phi) is 22.3. The number of rotatable bonds is 12. The molecular weight excluding hydrogens is 384 g/mol. The summed E-state index contributed by atoms with van der Waals surface area (Å²) >= 11 is 0. The Balaban J connectivity index is -0.000000333. The smallest absolute Gasteiger partial charge is 0.799 e. The molecule has 0 heterocycles. The van der Waals surface area contributed by atoms with Crippen molar-refractivity contribution in [1.29, 1.82) is 0 Å². The van der Waals surface area contributed by atoms with Crippen molar-refractivity contribution in [3.63, 3.8) is 0 Å². The summed E-state index contributed by atoms with van der Waals surface area (Å²) in [5.74, 6) is 0. The van der Waals surface area contributed by atoms with Gasteiger partial charge in [0.25, 0.3) is 0 Å². The van der Waals surface area contributed by atoms with Gasteiger partial charge >= 0.3 is 19.5 Å². The first kappa shape index (κ1) is 28.8. The molecule has 4 nitrogen and oxygen atoms in total. The van der Waals surface area contributed by atoms with Crippen molar-refractivity contribution in [2.75, 3.05) is 24.6 Å². The fraction of sp³-hybridized carbons (Fsp3) is 1.00. The van der Waals surface area contributed by atoms with Crippen LogP contribution < -0.4 is 9.79 Å². The van der Waals surface area contributed by atoms with Crippen molar-refractivity contribution in [1.82, 2.24) is 0 Å². The fourth-order valence-electron chi connectivity index (χ4n) is 1.88. The largest absolute Gasteiger partial charge is 2.00 e. The Morgan fingerprint density at radius 3 is 1.13 bits per heavy atom. The third kappa shape index (κ3) is 23.0. The summed E-state index contributed by atoms with van der Waals surface area (Å²) in [5, 5.41) is 0. The van der Waals surface area contributed by atoms with Crippen molar-refractivity contribution >= 4 is 14.7 Å². The van der Waals surface area contributed by atoms with Crippen LogP contribution in [-0.4, -0.2) is 24.6 Å². The van der Waals surface area contributed by atoms with Crippen molar-refractivity contribution < 1.29 is 38.4 Å². The Labute approximate surface area is 156 Å². The molecule has 136 valence electrons. The van der Waals surface area contributed by atoms with E-state index in [0.717, 1.165) is 51.4 Å². The monoisotopic (exact) mass is 418 g/mol. The van der Waals surface area contributed by atoms with E-state index < -0.39 is 14.7 Å². The maximum absolute atomic E-state index is 11.0. The Morgan fingerprint density at radius 2 is 0.913 bits per heavy atom. The Morgan fingerprint density at radius 1 is 0.609 bits per heavy atom. The van der Waals surface area contributed by atoms with E-state index >= 15 is 0 Å². The van der Waals surface area contributed by atoms with Crippen molar-refractivity contribution in [3.8, 4) is 0 Å². The zero-order valence-corrected chi connectivity index (χ0v) is 20.5. The van der Waals surface area contributed by atoms with Crippen molar-refractivity contribution in [3.05, 3.63) is 0 Å². The first-order valence-corrected chi connectivity index (χ1v) is 12.8. The molecule has 0 aliphatic heterocycles. The molecule has 0 aromatic rings. The van der Waals surface area contributed by atoms with Gasteiger partial charge in [0.15, 0.2) is 0 Å². The SMILES string of the molecule is CCCCCCP(=O)([O-])CC.CCCCCCP(=O)([O-])CC.[Zn+2]. The molecule has 0 aliphatic rings. The number of hydrogen-bond acceptors (Lipinski definition) is 4. The van der Waals surface area contributed by atoms with Gasteiger partial charge in [0.1, 0.15) is 0 Å². The zero-order valence-electron chi connectivity index (χ0n) is 15.7. The minimum absolute atomic E-state index is 0. The van der Waals surface area contributed by atoms with Crippen LogP contribution in [0, 0.1) is 0 Å². The minimum atomic E-state index is -2.96. The van der Waals surface area contributed by atoms with Crippen LogP contribution in [0.3, 0.4) is 0 Å². The van der Waals surface area contributed by atoms with E-state index in [2.05, 4.69) is 13.8 Å².